The molecule has 0 heterocycles. The lowest BCUT2D eigenvalue weighted by atomic mass is 9.70. The number of hydrogen-bond acceptors (Lipinski definition) is 5. The van der Waals surface area contributed by atoms with Gasteiger partial charge in [-0.2, -0.15) is 0 Å². The van der Waals surface area contributed by atoms with Crippen LogP contribution in [-0.2, 0) is 4.74 Å². The molecule has 5 nitrogen and oxygen atoms in total. The van der Waals surface area contributed by atoms with Crippen molar-refractivity contribution in [2.24, 2.45) is 11.8 Å². The van der Waals surface area contributed by atoms with Crippen LogP contribution in [0.2, 0.25) is 0 Å². The van der Waals surface area contributed by atoms with Crippen LogP contribution in [0.5, 0.6) is 0 Å². The Morgan fingerprint density at radius 1 is 1.11 bits per heavy atom. The molecule has 0 radical (unpaired) electrons. The number of hydrogen-bond donors (Lipinski definition) is 1. The summed E-state index contributed by atoms with van der Waals surface area (Å²) in [5.41, 5.74) is 0.159. The third-order valence-electron chi connectivity index (χ3n) is 6.05. The third kappa shape index (κ3) is 3.94. The largest absolute Gasteiger partial charge is 0.444 e. The monoisotopic (exact) mass is 403 g/mol. The molecule has 0 bridgehead atoms. The van der Waals surface area contributed by atoms with Gasteiger partial charge in [0.2, 0.25) is 5.12 Å². The molecule has 152 valence electrons. The van der Waals surface area contributed by atoms with Gasteiger partial charge in [-0.15, -0.1) is 0 Å². The number of amides is 1. The Hall–Kier alpha value is -1.53. The maximum absolute atomic E-state index is 12.8. The molecule has 0 saturated heterocycles. The molecular formula is C22H29NO4S. The van der Waals surface area contributed by atoms with Gasteiger partial charge in [0.1, 0.15) is 5.60 Å². The van der Waals surface area contributed by atoms with Crippen molar-refractivity contribution >= 4 is 23.0 Å². The van der Waals surface area contributed by atoms with E-state index in [1.165, 1.54) is 11.8 Å². The van der Waals surface area contributed by atoms with Gasteiger partial charge >= 0.3 is 6.09 Å². The van der Waals surface area contributed by atoms with E-state index >= 15 is 0 Å². The van der Waals surface area contributed by atoms with Crippen molar-refractivity contribution in [2.45, 2.75) is 75.5 Å². The highest BCUT2D eigenvalue weighted by Gasteiger charge is 2.58. The number of carbonyl (C=O) groups is 2. The van der Waals surface area contributed by atoms with Crippen molar-refractivity contribution in [2.75, 3.05) is 0 Å². The molecule has 0 spiro atoms. The second kappa shape index (κ2) is 7.38. The van der Waals surface area contributed by atoms with Gasteiger partial charge in [0.05, 0.1) is 6.10 Å². The second-order valence-electron chi connectivity index (χ2n) is 9.29. The summed E-state index contributed by atoms with van der Waals surface area (Å²) in [6, 6.07) is 9.62. The van der Waals surface area contributed by atoms with Crippen LogP contribution in [0.3, 0.4) is 0 Å². The molecule has 4 rings (SSSR count). The van der Waals surface area contributed by atoms with Crippen molar-refractivity contribution in [3.63, 3.8) is 0 Å². The summed E-state index contributed by atoms with van der Waals surface area (Å²) in [5.74, 6) is 0.430. The minimum Gasteiger partial charge on any atom is -0.444 e. The molecule has 0 aliphatic heterocycles. The van der Waals surface area contributed by atoms with Crippen LogP contribution in [0.4, 0.5) is 4.79 Å². The van der Waals surface area contributed by atoms with Crippen LogP contribution >= 0.6 is 11.8 Å². The Morgan fingerprint density at radius 2 is 1.79 bits per heavy atom. The van der Waals surface area contributed by atoms with Crippen LogP contribution in [-0.4, -0.2) is 50.3 Å². The lowest BCUT2D eigenvalue weighted by Gasteiger charge is -2.48. The van der Waals surface area contributed by atoms with Gasteiger partial charge in [-0.3, -0.25) is 4.79 Å². The quantitative estimate of drug-likeness (QED) is 0.820. The molecule has 3 aliphatic carbocycles. The van der Waals surface area contributed by atoms with Gasteiger partial charge < -0.3 is 14.7 Å². The minimum atomic E-state index is -0.511. The molecule has 1 N–H and O–H groups in total. The standard InChI is InChI=1S/C22H29NO4S/c1-22(2,3)27-21(26)23(14-9-10-14)17-11-16-15(17)12-18(19(16)24)28-20(25)13-7-5-4-6-8-13/h4-8,14-19,24H,9-12H2,1-3H3/t15-,16-,17?,18+,19+/m1/s1. The average Bonchev–Trinajstić information content (AvgIpc) is 3.41. The number of aliphatic hydroxyl groups excluding tert-OH is 1. The van der Waals surface area contributed by atoms with Crippen LogP contribution in [0.25, 0.3) is 0 Å². The third-order valence-corrected chi connectivity index (χ3v) is 7.28. The lowest BCUT2D eigenvalue weighted by molar-refractivity contribution is -0.0422. The number of rotatable bonds is 4. The first kappa shape index (κ1) is 19.8. The van der Waals surface area contributed by atoms with E-state index in [-0.39, 0.29) is 40.4 Å². The van der Waals surface area contributed by atoms with Crippen molar-refractivity contribution < 1.29 is 19.4 Å². The number of benzene rings is 1. The fourth-order valence-electron chi connectivity index (χ4n) is 4.57. The maximum atomic E-state index is 12.8. The van der Waals surface area contributed by atoms with Gasteiger partial charge in [-0.1, -0.05) is 42.1 Å². The summed E-state index contributed by atoms with van der Waals surface area (Å²) in [7, 11) is 0. The average molecular weight is 404 g/mol. The van der Waals surface area contributed by atoms with E-state index < -0.39 is 11.7 Å². The predicted molar refractivity (Wildman–Crippen MR) is 109 cm³/mol. The summed E-state index contributed by atoms with van der Waals surface area (Å²) in [6.07, 6.45) is 2.91. The molecule has 5 atom stereocenters. The Labute approximate surface area is 170 Å². The summed E-state index contributed by atoms with van der Waals surface area (Å²) in [6.45, 7) is 5.67. The SMILES string of the molecule is CC(C)(C)OC(=O)N(C1CC1)C1C[C@H]2[C@H](O)[C@@H](SC(=O)c3ccccc3)C[C@@H]12. The first-order chi connectivity index (χ1) is 13.2. The molecule has 28 heavy (non-hydrogen) atoms. The van der Waals surface area contributed by atoms with E-state index in [2.05, 4.69) is 0 Å². The lowest BCUT2D eigenvalue weighted by Crippen LogP contribution is -2.56. The van der Waals surface area contributed by atoms with E-state index in [0.717, 1.165) is 25.7 Å². The number of ether oxygens (including phenoxy) is 1. The van der Waals surface area contributed by atoms with Crippen LogP contribution in [0.15, 0.2) is 30.3 Å². The number of carbonyl (C=O) groups excluding carboxylic acids is 2. The van der Waals surface area contributed by atoms with E-state index in [4.69, 9.17) is 4.74 Å². The molecule has 3 fully saturated rings. The minimum absolute atomic E-state index is 0.00805. The van der Waals surface area contributed by atoms with Gasteiger partial charge in [0, 0.05) is 22.9 Å². The molecule has 1 unspecified atom stereocenters. The highest BCUT2D eigenvalue weighted by molar-refractivity contribution is 8.14. The first-order valence-corrected chi connectivity index (χ1v) is 11.1. The van der Waals surface area contributed by atoms with E-state index in [9.17, 15) is 14.7 Å². The Kier molecular flexibility index (Phi) is 5.21. The molecule has 3 saturated carbocycles. The molecule has 1 aromatic carbocycles. The zero-order chi connectivity index (χ0) is 20.1. The van der Waals surface area contributed by atoms with Gasteiger partial charge in [0.15, 0.2) is 0 Å². The summed E-state index contributed by atoms with van der Waals surface area (Å²) >= 11 is 1.25. The smallest absolute Gasteiger partial charge is 0.410 e. The highest BCUT2D eigenvalue weighted by atomic mass is 32.2. The zero-order valence-electron chi connectivity index (χ0n) is 16.7. The molecule has 6 heteroatoms. The second-order valence-corrected chi connectivity index (χ2v) is 10.5. The van der Waals surface area contributed by atoms with Crippen LogP contribution in [0, 0.1) is 11.8 Å². The number of nitrogens with zero attached hydrogens (tertiary/aromatic N) is 1. The number of fused-ring (bicyclic) bond motifs is 1. The Balaban J connectivity index is 1.41. The van der Waals surface area contributed by atoms with Crippen LogP contribution < -0.4 is 0 Å². The zero-order valence-corrected chi connectivity index (χ0v) is 17.5. The summed E-state index contributed by atoms with van der Waals surface area (Å²) in [4.78, 5) is 27.3. The van der Waals surface area contributed by atoms with Crippen LogP contribution in [0.1, 0.15) is 56.8 Å². The molecule has 1 aromatic rings. The highest BCUT2D eigenvalue weighted by Crippen LogP contribution is 2.54. The molecular weight excluding hydrogens is 374 g/mol. The van der Waals surface area contributed by atoms with E-state index in [0.29, 0.717) is 5.56 Å². The van der Waals surface area contributed by atoms with Crippen molar-refractivity contribution in [1.82, 2.24) is 4.90 Å². The van der Waals surface area contributed by atoms with Crippen molar-refractivity contribution in [1.29, 1.82) is 0 Å². The molecule has 0 aromatic heterocycles. The molecule has 3 aliphatic rings. The fourth-order valence-corrected chi connectivity index (χ4v) is 5.77. The Bertz CT molecular complexity index is 743. The summed E-state index contributed by atoms with van der Waals surface area (Å²) < 4.78 is 5.65. The number of thioether (sulfide) groups is 1. The fraction of sp³-hybridized carbons (Fsp3) is 0.636. The topological polar surface area (TPSA) is 66.8 Å². The molecule has 1 amide bonds. The Morgan fingerprint density at radius 3 is 2.39 bits per heavy atom. The number of aliphatic hydroxyl groups is 1. The van der Waals surface area contributed by atoms with Gasteiger partial charge in [-0.05, 0) is 58.3 Å². The first-order valence-electron chi connectivity index (χ1n) is 10.2. The summed E-state index contributed by atoms with van der Waals surface area (Å²) in [5, 5.41) is 10.6. The van der Waals surface area contributed by atoms with Gasteiger partial charge in [0.25, 0.3) is 0 Å². The van der Waals surface area contributed by atoms with Gasteiger partial charge in [-0.25, -0.2) is 4.79 Å². The van der Waals surface area contributed by atoms with Crippen molar-refractivity contribution in [3.8, 4) is 0 Å². The van der Waals surface area contributed by atoms with E-state index in [1.807, 2.05) is 56.0 Å². The van der Waals surface area contributed by atoms with Crippen molar-refractivity contribution in [3.05, 3.63) is 35.9 Å². The normalized spacial score (nSPS) is 31.6. The maximum Gasteiger partial charge on any atom is 0.410 e. The predicted octanol–water partition coefficient (Wildman–Crippen LogP) is 4.10. The van der Waals surface area contributed by atoms with E-state index in [1.54, 1.807) is 0 Å².